The lowest BCUT2D eigenvalue weighted by Gasteiger charge is -2.49. The van der Waals surface area contributed by atoms with Crippen molar-refractivity contribution in [1.29, 1.82) is 0 Å². The third-order valence-electron chi connectivity index (χ3n) is 7.87. The van der Waals surface area contributed by atoms with Gasteiger partial charge in [0.1, 0.15) is 5.82 Å². The van der Waals surface area contributed by atoms with E-state index in [4.69, 9.17) is 0 Å². The summed E-state index contributed by atoms with van der Waals surface area (Å²) in [5.74, 6) is -0.652. The first-order chi connectivity index (χ1) is 16.9. The molecule has 3 fully saturated rings. The summed E-state index contributed by atoms with van der Waals surface area (Å²) in [6.45, 7) is 3.11. The molecule has 2 amide bonds. The highest BCUT2D eigenvalue weighted by molar-refractivity contribution is 5.80. The Morgan fingerprint density at radius 3 is 2.57 bits per heavy atom. The number of fused-ring (bicyclic) bond motifs is 1. The van der Waals surface area contributed by atoms with Gasteiger partial charge in [-0.3, -0.25) is 30.5 Å². The van der Waals surface area contributed by atoms with E-state index in [0.717, 1.165) is 51.5 Å². The van der Waals surface area contributed by atoms with Gasteiger partial charge in [0.25, 0.3) is 0 Å². The van der Waals surface area contributed by atoms with Gasteiger partial charge in [0, 0.05) is 25.2 Å². The molecular weight excluding hydrogens is 453 g/mol. The Bertz CT molecular complexity index is 898. The normalized spacial score (nSPS) is 24.1. The Labute approximate surface area is 206 Å². The zero-order chi connectivity index (χ0) is 24.9. The maximum Gasteiger partial charge on any atom is 0.243 e. The van der Waals surface area contributed by atoms with Crippen LogP contribution in [0.2, 0.25) is 0 Å². The van der Waals surface area contributed by atoms with E-state index in [1.54, 1.807) is 6.92 Å². The second kappa shape index (κ2) is 11.5. The molecule has 1 aromatic rings. The average Bonchev–Trinajstić information content (AvgIpc) is 3.37. The number of halogens is 1. The molecule has 1 saturated heterocycles. The summed E-state index contributed by atoms with van der Waals surface area (Å²) in [7, 11) is 2.13. The van der Waals surface area contributed by atoms with Gasteiger partial charge in [0.05, 0.1) is 12.5 Å². The van der Waals surface area contributed by atoms with Gasteiger partial charge in [-0.15, -0.1) is 0 Å². The molecule has 1 aliphatic heterocycles. The van der Waals surface area contributed by atoms with E-state index in [9.17, 15) is 14.8 Å². The minimum Gasteiger partial charge on any atom is -0.348 e. The van der Waals surface area contributed by atoms with Crippen molar-refractivity contribution >= 4 is 24.0 Å². The number of rotatable bonds is 9. The summed E-state index contributed by atoms with van der Waals surface area (Å²) >= 11 is 0. The molecule has 3 unspecified atom stereocenters. The molecular formula is C24H38FN7O3. The fourth-order valence-electron chi connectivity index (χ4n) is 6.05. The summed E-state index contributed by atoms with van der Waals surface area (Å²) in [4.78, 5) is 36.9. The molecule has 2 saturated carbocycles. The average molecular weight is 492 g/mol. The van der Waals surface area contributed by atoms with Crippen LogP contribution in [0.25, 0.3) is 0 Å². The molecule has 3 N–H and O–H groups in total. The van der Waals surface area contributed by atoms with Crippen molar-refractivity contribution in [3.63, 3.8) is 0 Å². The van der Waals surface area contributed by atoms with Gasteiger partial charge in [-0.1, -0.05) is 38.5 Å². The molecule has 10 nitrogen and oxygen atoms in total. The van der Waals surface area contributed by atoms with E-state index in [0.29, 0.717) is 35.8 Å². The SMILES string of the molecule is Cc1nc(NNC(=O)C(CC2CCCC2)CN(O)C=O)c(F)c(N2CCN(C)C3CCCCC32)n1. The molecule has 35 heavy (non-hydrogen) atoms. The molecule has 194 valence electrons. The van der Waals surface area contributed by atoms with Gasteiger partial charge in [-0.25, -0.2) is 15.0 Å². The van der Waals surface area contributed by atoms with Crippen LogP contribution in [0.5, 0.6) is 0 Å². The molecule has 0 spiro atoms. The third kappa shape index (κ3) is 6.00. The van der Waals surface area contributed by atoms with Crippen LogP contribution in [0.3, 0.4) is 0 Å². The lowest BCUT2D eigenvalue weighted by Crippen LogP contribution is -2.60. The first kappa shape index (κ1) is 25.6. The third-order valence-corrected chi connectivity index (χ3v) is 7.87. The lowest BCUT2D eigenvalue weighted by atomic mass is 9.86. The molecule has 4 rings (SSSR count). The molecule has 1 aromatic heterocycles. The van der Waals surface area contributed by atoms with Crippen molar-refractivity contribution in [2.75, 3.05) is 37.0 Å². The molecule has 3 atom stereocenters. The number of likely N-dealkylation sites (N-methyl/N-ethyl adjacent to an activating group) is 1. The Morgan fingerprint density at radius 1 is 1.17 bits per heavy atom. The second-order valence-electron chi connectivity index (χ2n) is 10.3. The standard InChI is InChI=1S/C24H38FN7O3/c1-16-26-22(28-29-24(34)18(14-31(35)15-33)13-17-7-3-4-8-17)21(25)23(27-16)32-12-11-30(2)19-9-5-6-10-20(19)32/h15,17-20,35H,3-14H2,1-2H3,(H,29,34)(H,26,27,28). The number of carbonyl (C=O) groups excluding carboxylic acids is 2. The van der Waals surface area contributed by atoms with Crippen LogP contribution in [0.1, 0.15) is 63.6 Å². The molecule has 2 aliphatic carbocycles. The van der Waals surface area contributed by atoms with Crippen LogP contribution in [-0.4, -0.2) is 76.2 Å². The number of hydrogen-bond donors (Lipinski definition) is 3. The molecule has 2 heterocycles. The van der Waals surface area contributed by atoms with Crippen LogP contribution in [0.4, 0.5) is 16.0 Å². The fraction of sp³-hybridized carbons (Fsp3) is 0.750. The predicted molar refractivity (Wildman–Crippen MR) is 129 cm³/mol. The Hall–Kier alpha value is -2.53. The number of aromatic nitrogens is 2. The molecule has 0 bridgehead atoms. The van der Waals surface area contributed by atoms with Crippen LogP contribution in [-0.2, 0) is 9.59 Å². The van der Waals surface area contributed by atoms with Gasteiger partial charge in [-0.2, -0.15) is 4.39 Å². The van der Waals surface area contributed by atoms with Crippen LogP contribution >= 0.6 is 0 Å². The van der Waals surface area contributed by atoms with Crippen molar-refractivity contribution < 1.29 is 19.2 Å². The highest BCUT2D eigenvalue weighted by Crippen LogP contribution is 2.34. The number of aryl methyl sites for hydroxylation is 1. The number of carbonyl (C=O) groups is 2. The number of hydroxylamine groups is 2. The first-order valence-corrected chi connectivity index (χ1v) is 12.8. The van der Waals surface area contributed by atoms with Gasteiger partial charge < -0.3 is 4.90 Å². The summed E-state index contributed by atoms with van der Waals surface area (Å²) < 4.78 is 15.6. The van der Waals surface area contributed by atoms with E-state index >= 15 is 4.39 Å². The number of nitrogens with zero attached hydrogens (tertiary/aromatic N) is 5. The summed E-state index contributed by atoms with van der Waals surface area (Å²) in [6.07, 6.45) is 9.52. The van der Waals surface area contributed by atoms with Crippen molar-refractivity contribution in [2.45, 2.75) is 76.8 Å². The Morgan fingerprint density at radius 2 is 1.86 bits per heavy atom. The van der Waals surface area contributed by atoms with E-state index in [1.807, 2.05) is 0 Å². The van der Waals surface area contributed by atoms with Crippen LogP contribution in [0, 0.1) is 24.6 Å². The maximum atomic E-state index is 15.6. The summed E-state index contributed by atoms with van der Waals surface area (Å²) in [5, 5.41) is 10.2. The molecule has 0 aromatic carbocycles. The zero-order valence-corrected chi connectivity index (χ0v) is 20.7. The van der Waals surface area contributed by atoms with Crippen molar-refractivity contribution in [3.05, 3.63) is 11.6 Å². The Balaban J connectivity index is 1.48. The number of nitrogens with one attached hydrogen (secondary N) is 2. The van der Waals surface area contributed by atoms with Crippen molar-refractivity contribution in [1.82, 2.24) is 25.4 Å². The zero-order valence-electron chi connectivity index (χ0n) is 20.7. The number of hydrogen-bond acceptors (Lipinski definition) is 8. The van der Waals surface area contributed by atoms with Gasteiger partial charge in [-0.05, 0) is 39.2 Å². The van der Waals surface area contributed by atoms with E-state index in [2.05, 4.69) is 37.7 Å². The van der Waals surface area contributed by atoms with Crippen molar-refractivity contribution in [3.8, 4) is 0 Å². The number of anilines is 2. The number of piperazine rings is 1. The van der Waals surface area contributed by atoms with E-state index in [1.165, 1.54) is 6.42 Å². The maximum absolute atomic E-state index is 15.6. The molecule has 11 heteroatoms. The smallest absolute Gasteiger partial charge is 0.243 e. The topological polar surface area (TPSA) is 114 Å². The van der Waals surface area contributed by atoms with Crippen LogP contribution < -0.4 is 15.8 Å². The molecule has 0 radical (unpaired) electrons. The highest BCUT2D eigenvalue weighted by Gasteiger charge is 2.38. The number of hydrazine groups is 1. The minimum absolute atomic E-state index is 0.0806. The van der Waals surface area contributed by atoms with Gasteiger partial charge >= 0.3 is 0 Å². The summed E-state index contributed by atoms with van der Waals surface area (Å²) in [5.41, 5.74) is 5.22. The van der Waals surface area contributed by atoms with Crippen LogP contribution in [0.15, 0.2) is 0 Å². The van der Waals surface area contributed by atoms with E-state index in [-0.39, 0.29) is 30.6 Å². The monoisotopic (exact) mass is 491 g/mol. The number of amides is 2. The highest BCUT2D eigenvalue weighted by atomic mass is 19.1. The fourth-order valence-corrected chi connectivity index (χ4v) is 6.05. The van der Waals surface area contributed by atoms with E-state index < -0.39 is 17.6 Å². The van der Waals surface area contributed by atoms with Gasteiger partial charge in [0.15, 0.2) is 11.6 Å². The van der Waals surface area contributed by atoms with Crippen molar-refractivity contribution in [2.24, 2.45) is 11.8 Å². The first-order valence-electron chi connectivity index (χ1n) is 12.8. The minimum atomic E-state index is -0.619. The quantitative estimate of drug-likeness (QED) is 0.274. The largest absolute Gasteiger partial charge is 0.348 e. The second-order valence-corrected chi connectivity index (χ2v) is 10.3. The Kier molecular flexibility index (Phi) is 8.38. The predicted octanol–water partition coefficient (Wildman–Crippen LogP) is 2.47. The summed E-state index contributed by atoms with van der Waals surface area (Å²) in [6, 6.07) is 0.572. The lowest BCUT2D eigenvalue weighted by molar-refractivity contribution is -0.154. The van der Waals surface area contributed by atoms with Gasteiger partial charge in [0.2, 0.25) is 18.1 Å². The molecule has 3 aliphatic rings.